The molecule has 116 valence electrons. The van der Waals surface area contributed by atoms with E-state index in [1.54, 1.807) is 24.6 Å². The molecule has 2 heterocycles. The first-order valence-electron chi connectivity index (χ1n) is 7.11. The van der Waals surface area contributed by atoms with Crippen LogP contribution < -0.4 is 20.3 Å². The summed E-state index contributed by atoms with van der Waals surface area (Å²) in [4.78, 5) is 18.6. The van der Waals surface area contributed by atoms with Gasteiger partial charge in [0.15, 0.2) is 5.13 Å². The molecule has 1 atom stereocenters. The van der Waals surface area contributed by atoms with Gasteiger partial charge in [-0.15, -0.1) is 11.3 Å². The molecule has 1 unspecified atom stereocenters. The molecule has 0 spiro atoms. The summed E-state index contributed by atoms with van der Waals surface area (Å²) in [6.45, 7) is 1.69. The Balaban J connectivity index is 1.54. The SMILES string of the molecule is COc1ccccc1NC(=O)NC1CCN(c2nccs2)C1. The lowest BCUT2D eigenvalue weighted by atomic mass is 10.2. The molecule has 2 aromatic rings. The largest absolute Gasteiger partial charge is 0.495 e. The quantitative estimate of drug-likeness (QED) is 0.909. The Morgan fingerprint density at radius 1 is 1.45 bits per heavy atom. The Kier molecular flexibility index (Phi) is 4.43. The van der Waals surface area contributed by atoms with Gasteiger partial charge in [0.1, 0.15) is 5.75 Å². The van der Waals surface area contributed by atoms with Gasteiger partial charge in [0.05, 0.1) is 12.8 Å². The number of nitrogens with zero attached hydrogens (tertiary/aromatic N) is 2. The van der Waals surface area contributed by atoms with E-state index in [2.05, 4.69) is 20.5 Å². The Bertz CT molecular complexity index is 632. The second kappa shape index (κ2) is 6.65. The molecule has 2 amide bonds. The van der Waals surface area contributed by atoms with Crippen molar-refractivity contribution < 1.29 is 9.53 Å². The van der Waals surface area contributed by atoms with E-state index in [0.717, 1.165) is 24.6 Å². The van der Waals surface area contributed by atoms with Gasteiger partial charge >= 0.3 is 6.03 Å². The maximum atomic E-state index is 12.1. The third kappa shape index (κ3) is 3.30. The smallest absolute Gasteiger partial charge is 0.319 e. The van der Waals surface area contributed by atoms with Crippen molar-refractivity contribution in [3.8, 4) is 5.75 Å². The average Bonchev–Trinajstić information content (AvgIpc) is 3.18. The van der Waals surface area contributed by atoms with E-state index >= 15 is 0 Å². The van der Waals surface area contributed by atoms with E-state index in [0.29, 0.717) is 11.4 Å². The minimum atomic E-state index is -0.213. The number of carbonyl (C=O) groups excluding carboxylic acids is 1. The Labute approximate surface area is 133 Å². The lowest BCUT2D eigenvalue weighted by Crippen LogP contribution is -2.39. The molecule has 2 N–H and O–H groups in total. The van der Waals surface area contributed by atoms with Gasteiger partial charge < -0.3 is 20.3 Å². The van der Waals surface area contributed by atoms with Gasteiger partial charge in [0, 0.05) is 30.7 Å². The maximum Gasteiger partial charge on any atom is 0.319 e. The number of amides is 2. The molecule has 0 saturated carbocycles. The molecule has 7 heteroatoms. The predicted molar refractivity (Wildman–Crippen MR) is 87.9 cm³/mol. The summed E-state index contributed by atoms with van der Waals surface area (Å²) in [7, 11) is 1.58. The third-order valence-corrected chi connectivity index (χ3v) is 4.40. The van der Waals surface area contributed by atoms with Crippen molar-refractivity contribution >= 4 is 28.2 Å². The van der Waals surface area contributed by atoms with E-state index < -0.39 is 0 Å². The number of nitrogens with one attached hydrogen (secondary N) is 2. The second-order valence-corrected chi connectivity index (χ2v) is 5.92. The van der Waals surface area contributed by atoms with Crippen LogP contribution in [0, 0.1) is 0 Å². The average molecular weight is 318 g/mol. The standard InChI is InChI=1S/C15H18N4O2S/c1-21-13-5-3-2-4-12(13)18-14(20)17-11-6-8-19(10-11)15-16-7-9-22-15/h2-5,7,9,11H,6,8,10H2,1H3,(H2,17,18,20). The number of hydrogen-bond donors (Lipinski definition) is 2. The highest BCUT2D eigenvalue weighted by Gasteiger charge is 2.25. The van der Waals surface area contributed by atoms with Crippen molar-refractivity contribution in [2.75, 3.05) is 30.4 Å². The number of aromatic nitrogens is 1. The lowest BCUT2D eigenvalue weighted by molar-refractivity contribution is 0.249. The Morgan fingerprint density at radius 2 is 2.32 bits per heavy atom. The predicted octanol–water partition coefficient (Wildman–Crippen LogP) is 2.55. The first-order chi connectivity index (χ1) is 10.8. The molecule has 1 aliphatic heterocycles. The number of hydrogen-bond acceptors (Lipinski definition) is 5. The number of para-hydroxylation sites is 2. The molecule has 0 aliphatic carbocycles. The minimum absolute atomic E-state index is 0.124. The number of carbonyl (C=O) groups is 1. The van der Waals surface area contributed by atoms with Gasteiger partial charge in [-0.25, -0.2) is 9.78 Å². The molecule has 0 bridgehead atoms. The van der Waals surface area contributed by atoms with Crippen LogP contribution in [0.5, 0.6) is 5.75 Å². The molecule has 1 aromatic heterocycles. The van der Waals surface area contributed by atoms with Crippen LogP contribution in [0.2, 0.25) is 0 Å². The lowest BCUT2D eigenvalue weighted by Gasteiger charge is -2.16. The zero-order chi connectivity index (χ0) is 15.4. The summed E-state index contributed by atoms with van der Waals surface area (Å²) in [5.74, 6) is 0.647. The monoisotopic (exact) mass is 318 g/mol. The molecule has 1 fully saturated rings. The van der Waals surface area contributed by atoms with Crippen molar-refractivity contribution in [1.82, 2.24) is 10.3 Å². The van der Waals surface area contributed by atoms with E-state index in [-0.39, 0.29) is 12.1 Å². The van der Waals surface area contributed by atoms with Crippen molar-refractivity contribution in [2.24, 2.45) is 0 Å². The molecule has 1 aliphatic rings. The van der Waals surface area contributed by atoms with E-state index in [1.165, 1.54) is 0 Å². The van der Waals surface area contributed by atoms with Gasteiger partial charge in [0.25, 0.3) is 0 Å². The number of methoxy groups -OCH3 is 1. The number of anilines is 2. The number of rotatable bonds is 4. The summed E-state index contributed by atoms with van der Waals surface area (Å²) >= 11 is 1.62. The molecule has 1 saturated heterocycles. The molecule has 3 rings (SSSR count). The van der Waals surface area contributed by atoms with E-state index in [1.807, 2.05) is 29.6 Å². The van der Waals surface area contributed by atoms with Crippen molar-refractivity contribution in [3.63, 3.8) is 0 Å². The maximum absolute atomic E-state index is 12.1. The highest BCUT2D eigenvalue weighted by atomic mass is 32.1. The van der Waals surface area contributed by atoms with Crippen molar-refractivity contribution in [3.05, 3.63) is 35.8 Å². The molecule has 6 nitrogen and oxygen atoms in total. The summed E-state index contributed by atoms with van der Waals surface area (Å²) in [5.41, 5.74) is 0.664. The van der Waals surface area contributed by atoms with Gasteiger partial charge in [-0.3, -0.25) is 0 Å². The molecular formula is C15H18N4O2S. The Morgan fingerprint density at radius 3 is 3.09 bits per heavy atom. The summed E-state index contributed by atoms with van der Waals surface area (Å²) in [6.07, 6.45) is 2.72. The van der Waals surface area contributed by atoms with E-state index in [4.69, 9.17) is 4.74 Å². The van der Waals surface area contributed by atoms with Gasteiger partial charge in [-0.05, 0) is 18.6 Å². The van der Waals surface area contributed by atoms with Crippen LogP contribution in [0.3, 0.4) is 0 Å². The van der Waals surface area contributed by atoms with Crippen LogP contribution in [0.1, 0.15) is 6.42 Å². The highest BCUT2D eigenvalue weighted by molar-refractivity contribution is 7.13. The number of ether oxygens (including phenoxy) is 1. The minimum Gasteiger partial charge on any atom is -0.495 e. The van der Waals surface area contributed by atoms with Crippen LogP contribution in [0.15, 0.2) is 35.8 Å². The fourth-order valence-electron chi connectivity index (χ4n) is 2.52. The Hall–Kier alpha value is -2.28. The summed E-state index contributed by atoms with van der Waals surface area (Å²) < 4.78 is 5.22. The van der Waals surface area contributed by atoms with Gasteiger partial charge in [-0.2, -0.15) is 0 Å². The van der Waals surface area contributed by atoms with Gasteiger partial charge in [-0.1, -0.05) is 12.1 Å². The molecular weight excluding hydrogens is 300 g/mol. The molecule has 22 heavy (non-hydrogen) atoms. The summed E-state index contributed by atoms with van der Waals surface area (Å²) in [5, 5.41) is 8.80. The zero-order valence-electron chi connectivity index (χ0n) is 12.3. The zero-order valence-corrected chi connectivity index (χ0v) is 13.1. The van der Waals surface area contributed by atoms with E-state index in [9.17, 15) is 4.79 Å². The first kappa shape index (κ1) is 14.6. The van der Waals surface area contributed by atoms with Crippen LogP contribution in [0.25, 0.3) is 0 Å². The topological polar surface area (TPSA) is 66.5 Å². The fourth-order valence-corrected chi connectivity index (χ4v) is 3.20. The number of thiazole rings is 1. The van der Waals surface area contributed by atoms with Crippen LogP contribution in [-0.2, 0) is 0 Å². The highest BCUT2D eigenvalue weighted by Crippen LogP contribution is 2.24. The first-order valence-corrected chi connectivity index (χ1v) is 7.99. The van der Waals surface area contributed by atoms with Crippen LogP contribution in [-0.4, -0.2) is 37.3 Å². The second-order valence-electron chi connectivity index (χ2n) is 5.05. The van der Waals surface area contributed by atoms with Crippen molar-refractivity contribution in [2.45, 2.75) is 12.5 Å². The third-order valence-electron chi connectivity index (χ3n) is 3.57. The molecule has 0 radical (unpaired) electrons. The fraction of sp³-hybridized carbons (Fsp3) is 0.333. The van der Waals surface area contributed by atoms with Crippen molar-refractivity contribution in [1.29, 1.82) is 0 Å². The summed E-state index contributed by atoms with van der Waals surface area (Å²) in [6, 6.07) is 7.27. The normalized spacial score (nSPS) is 17.3. The number of urea groups is 1. The van der Waals surface area contributed by atoms with Gasteiger partial charge in [0.2, 0.25) is 0 Å². The number of benzene rings is 1. The van der Waals surface area contributed by atoms with Crippen LogP contribution in [0.4, 0.5) is 15.6 Å². The van der Waals surface area contributed by atoms with Crippen LogP contribution >= 0.6 is 11.3 Å². The molecule has 1 aromatic carbocycles.